The van der Waals surface area contributed by atoms with Gasteiger partial charge < -0.3 is 10.6 Å². The monoisotopic (exact) mass is 318 g/mol. The van der Waals surface area contributed by atoms with Gasteiger partial charge in [0, 0.05) is 32.3 Å². The highest BCUT2D eigenvalue weighted by Gasteiger charge is 2.34. The van der Waals surface area contributed by atoms with Crippen molar-refractivity contribution < 1.29 is 4.79 Å². The van der Waals surface area contributed by atoms with E-state index < -0.39 is 0 Å². The molecule has 0 spiro atoms. The van der Waals surface area contributed by atoms with Crippen molar-refractivity contribution in [1.29, 1.82) is 0 Å². The molecule has 1 aliphatic rings. The Hall–Kier alpha value is -1.85. The first kappa shape index (κ1) is 15.1. The van der Waals surface area contributed by atoms with E-state index in [0.29, 0.717) is 17.3 Å². The van der Waals surface area contributed by atoms with Crippen molar-refractivity contribution in [2.75, 3.05) is 18.4 Å². The number of halogens is 1. The molecule has 0 saturated carbocycles. The van der Waals surface area contributed by atoms with E-state index in [1.165, 1.54) is 0 Å². The molecule has 0 unspecified atom stereocenters. The minimum atomic E-state index is -0.124. The van der Waals surface area contributed by atoms with E-state index >= 15 is 0 Å². The smallest absolute Gasteiger partial charge is 0.229 e. The number of benzene rings is 1. The third-order valence-electron chi connectivity index (χ3n) is 4.08. The number of hydrogen-bond acceptors (Lipinski definition) is 3. The second kappa shape index (κ2) is 6.10. The maximum absolute atomic E-state index is 12.6. The first-order valence-electron chi connectivity index (χ1n) is 7.31. The van der Waals surface area contributed by atoms with Crippen LogP contribution in [0.3, 0.4) is 0 Å². The normalized spacial score (nSPS) is 21.0. The second-order valence-electron chi connectivity index (χ2n) is 5.79. The minimum Gasteiger partial charge on any atom is -0.324 e. The minimum absolute atomic E-state index is 0.00801. The van der Waals surface area contributed by atoms with Crippen LogP contribution in [-0.2, 0) is 11.8 Å². The van der Waals surface area contributed by atoms with E-state index in [9.17, 15) is 4.79 Å². The van der Waals surface area contributed by atoms with Crippen LogP contribution in [0.15, 0.2) is 30.6 Å². The molecule has 5 nitrogen and oxygen atoms in total. The molecule has 0 bridgehead atoms. The van der Waals surface area contributed by atoms with E-state index in [1.807, 2.05) is 38.5 Å². The lowest BCUT2D eigenvalue weighted by molar-refractivity contribution is -0.119. The first-order chi connectivity index (χ1) is 10.5. The van der Waals surface area contributed by atoms with Crippen molar-refractivity contribution in [2.24, 2.45) is 13.0 Å². The quantitative estimate of drug-likeness (QED) is 0.913. The van der Waals surface area contributed by atoms with Crippen LogP contribution in [0.2, 0.25) is 5.02 Å². The van der Waals surface area contributed by atoms with E-state index in [0.717, 1.165) is 17.7 Å². The molecule has 22 heavy (non-hydrogen) atoms. The molecule has 3 rings (SSSR count). The highest BCUT2D eigenvalue weighted by molar-refractivity contribution is 6.33. The number of aryl methyl sites for hydroxylation is 2. The molecule has 2 heterocycles. The fourth-order valence-corrected chi connectivity index (χ4v) is 3.06. The summed E-state index contributed by atoms with van der Waals surface area (Å²) in [4.78, 5) is 12.6. The van der Waals surface area contributed by atoms with E-state index in [2.05, 4.69) is 15.7 Å². The number of hydrogen-bond donors (Lipinski definition) is 2. The summed E-state index contributed by atoms with van der Waals surface area (Å²) in [6.45, 7) is 3.42. The maximum atomic E-state index is 12.6. The molecule has 1 aromatic heterocycles. The van der Waals surface area contributed by atoms with Crippen molar-refractivity contribution in [3.05, 3.63) is 46.7 Å². The second-order valence-corrected chi connectivity index (χ2v) is 6.20. The van der Waals surface area contributed by atoms with E-state index in [1.54, 1.807) is 10.7 Å². The molecule has 2 aromatic rings. The Bertz CT molecular complexity index is 697. The van der Waals surface area contributed by atoms with Gasteiger partial charge in [0.15, 0.2) is 0 Å². The molecule has 1 aromatic carbocycles. The number of nitrogens with one attached hydrogen (secondary N) is 2. The van der Waals surface area contributed by atoms with E-state index in [4.69, 9.17) is 11.6 Å². The molecule has 1 amide bonds. The van der Waals surface area contributed by atoms with Crippen LogP contribution < -0.4 is 10.6 Å². The summed E-state index contributed by atoms with van der Waals surface area (Å²) < 4.78 is 1.76. The Morgan fingerprint density at radius 2 is 2.27 bits per heavy atom. The number of amides is 1. The SMILES string of the molecule is Cc1ccc(Cl)c(NC(=O)[C@H]2CNC[C@@H]2c2cnn(C)c2)c1. The van der Waals surface area contributed by atoms with Gasteiger partial charge in [0.1, 0.15) is 0 Å². The number of anilines is 1. The van der Waals surface area contributed by atoms with Crippen LogP contribution in [0.5, 0.6) is 0 Å². The molecule has 6 heteroatoms. The van der Waals surface area contributed by atoms with Crippen LogP contribution >= 0.6 is 11.6 Å². The van der Waals surface area contributed by atoms with Gasteiger partial charge in [-0.3, -0.25) is 9.48 Å². The number of carbonyl (C=O) groups is 1. The summed E-state index contributed by atoms with van der Waals surface area (Å²) in [5, 5.41) is 11.0. The van der Waals surface area contributed by atoms with Gasteiger partial charge in [-0.15, -0.1) is 0 Å². The van der Waals surface area contributed by atoms with Gasteiger partial charge in [-0.1, -0.05) is 17.7 Å². The summed E-state index contributed by atoms with van der Waals surface area (Å²) >= 11 is 6.16. The lowest BCUT2D eigenvalue weighted by atomic mass is 9.90. The summed E-state index contributed by atoms with van der Waals surface area (Å²) in [5.74, 6) is 0.00409. The summed E-state index contributed by atoms with van der Waals surface area (Å²) in [6, 6.07) is 5.62. The van der Waals surface area contributed by atoms with Crippen molar-refractivity contribution in [2.45, 2.75) is 12.8 Å². The molecule has 0 radical (unpaired) electrons. The van der Waals surface area contributed by atoms with Crippen LogP contribution in [0.1, 0.15) is 17.0 Å². The fourth-order valence-electron chi connectivity index (χ4n) is 2.90. The predicted molar refractivity (Wildman–Crippen MR) is 87.1 cm³/mol. The van der Waals surface area contributed by atoms with Gasteiger partial charge >= 0.3 is 0 Å². The first-order valence-corrected chi connectivity index (χ1v) is 7.68. The average molecular weight is 319 g/mol. The van der Waals surface area contributed by atoms with Crippen molar-refractivity contribution in [3.63, 3.8) is 0 Å². The molecule has 1 saturated heterocycles. The molecular weight excluding hydrogens is 300 g/mol. The Morgan fingerprint density at radius 1 is 1.45 bits per heavy atom. The number of nitrogens with zero attached hydrogens (tertiary/aromatic N) is 2. The topological polar surface area (TPSA) is 59.0 Å². The van der Waals surface area contributed by atoms with Gasteiger partial charge in [0.25, 0.3) is 0 Å². The summed E-state index contributed by atoms with van der Waals surface area (Å²) in [5.41, 5.74) is 2.82. The Balaban J connectivity index is 1.77. The molecule has 116 valence electrons. The highest BCUT2D eigenvalue weighted by Crippen LogP contribution is 2.30. The molecule has 2 N–H and O–H groups in total. The lowest BCUT2D eigenvalue weighted by Gasteiger charge is -2.17. The summed E-state index contributed by atoms with van der Waals surface area (Å²) in [6.07, 6.45) is 3.80. The van der Waals surface area contributed by atoms with Crippen LogP contribution in [0, 0.1) is 12.8 Å². The lowest BCUT2D eigenvalue weighted by Crippen LogP contribution is -2.28. The van der Waals surface area contributed by atoms with Gasteiger partial charge in [0.05, 0.1) is 22.8 Å². The average Bonchev–Trinajstić information content (AvgIpc) is 3.11. The molecule has 1 fully saturated rings. The van der Waals surface area contributed by atoms with Gasteiger partial charge in [-0.2, -0.15) is 5.10 Å². The van der Waals surface area contributed by atoms with E-state index in [-0.39, 0.29) is 17.7 Å². The third kappa shape index (κ3) is 3.00. The standard InChI is InChI=1S/C16H19ClN4O/c1-10-3-4-14(17)15(5-10)20-16(22)13-8-18-7-12(13)11-6-19-21(2)9-11/h3-6,9,12-13,18H,7-8H2,1-2H3,(H,20,22)/t12-,13+/m1/s1. The zero-order valence-corrected chi connectivity index (χ0v) is 13.4. The number of rotatable bonds is 3. The van der Waals surface area contributed by atoms with Crippen LogP contribution in [0.4, 0.5) is 5.69 Å². The Morgan fingerprint density at radius 3 is 3.00 bits per heavy atom. The largest absolute Gasteiger partial charge is 0.324 e. The molecule has 0 aliphatic carbocycles. The Labute approximate surface area is 134 Å². The van der Waals surface area contributed by atoms with Gasteiger partial charge in [-0.25, -0.2) is 0 Å². The van der Waals surface area contributed by atoms with Crippen molar-refractivity contribution in [3.8, 4) is 0 Å². The van der Waals surface area contributed by atoms with Crippen molar-refractivity contribution in [1.82, 2.24) is 15.1 Å². The predicted octanol–water partition coefficient (Wildman–Crippen LogP) is 2.32. The van der Waals surface area contributed by atoms with Gasteiger partial charge in [-0.05, 0) is 30.2 Å². The van der Waals surface area contributed by atoms with Crippen LogP contribution in [-0.4, -0.2) is 28.8 Å². The van der Waals surface area contributed by atoms with Crippen molar-refractivity contribution >= 4 is 23.2 Å². The molecule has 1 aliphatic heterocycles. The van der Waals surface area contributed by atoms with Crippen LogP contribution in [0.25, 0.3) is 0 Å². The fraction of sp³-hybridized carbons (Fsp3) is 0.375. The maximum Gasteiger partial charge on any atom is 0.229 e. The number of carbonyl (C=O) groups excluding carboxylic acids is 1. The zero-order chi connectivity index (χ0) is 15.7. The Kier molecular flexibility index (Phi) is 4.18. The highest BCUT2D eigenvalue weighted by atomic mass is 35.5. The molecule has 2 atom stereocenters. The summed E-state index contributed by atoms with van der Waals surface area (Å²) in [7, 11) is 1.88. The van der Waals surface area contributed by atoms with Gasteiger partial charge in [0.2, 0.25) is 5.91 Å². The zero-order valence-electron chi connectivity index (χ0n) is 12.6. The molecular formula is C16H19ClN4O. The number of aromatic nitrogens is 2. The third-order valence-corrected chi connectivity index (χ3v) is 4.41.